The molecular formula is C16H17F3N2. The molecule has 0 heterocycles. The second kappa shape index (κ2) is 4.98. The third-order valence-corrected chi connectivity index (χ3v) is 3.63. The summed E-state index contributed by atoms with van der Waals surface area (Å²) in [4.78, 5) is 0. The van der Waals surface area contributed by atoms with Gasteiger partial charge in [0.05, 0.1) is 5.56 Å². The first-order chi connectivity index (χ1) is 9.62. The van der Waals surface area contributed by atoms with Gasteiger partial charge in [-0.1, -0.05) is 32.0 Å². The van der Waals surface area contributed by atoms with Gasteiger partial charge in [-0.15, -0.1) is 0 Å². The van der Waals surface area contributed by atoms with E-state index in [0.717, 1.165) is 11.6 Å². The first-order valence-corrected chi connectivity index (χ1v) is 6.45. The van der Waals surface area contributed by atoms with Crippen molar-refractivity contribution in [1.82, 2.24) is 0 Å². The lowest BCUT2D eigenvalue weighted by Gasteiger charge is -2.29. The van der Waals surface area contributed by atoms with Crippen molar-refractivity contribution >= 4 is 11.4 Å². The SMILES string of the molecule is CC(C)(c1cccc(N)c1)c1ccc(N)cc1C(F)(F)F. The lowest BCUT2D eigenvalue weighted by molar-refractivity contribution is -0.138. The van der Waals surface area contributed by atoms with Crippen LogP contribution in [0, 0.1) is 0 Å². The molecule has 0 atom stereocenters. The van der Waals surface area contributed by atoms with Gasteiger partial charge in [0.2, 0.25) is 0 Å². The Morgan fingerprint density at radius 3 is 2.00 bits per heavy atom. The van der Waals surface area contributed by atoms with Crippen LogP contribution in [0.4, 0.5) is 24.5 Å². The topological polar surface area (TPSA) is 52.0 Å². The van der Waals surface area contributed by atoms with Gasteiger partial charge in [-0.05, 0) is 35.4 Å². The lowest BCUT2D eigenvalue weighted by Crippen LogP contribution is -2.24. The molecule has 0 bridgehead atoms. The molecule has 112 valence electrons. The number of anilines is 2. The van der Waals surface area contributed by atoms with Gasteiger partial charge in [-0.25, -0.2) is 0 Å². The van der Waals surface area contributed by atoms with E-state index in [0.29, 0.717) is 5.69 Å². The van der Waals surface area contributed by atoms with Gasteiger partial charge < -0.3 is 11.5 Å². The molecule has 4 N–H and O–H groups in total. The van der Waals surface area contributed by atoms with Crippen LogP contribution in [0.15, 0.2) is 42.5 Å². The van der Waals surface area contributed by atoms with E-state index in [1.165, 1.54) is 12.1 Å². The van der Waals surface area contributed by atoms with Crippen molar-refractivity contribution in [3.8, 4) is 0 Å². The molecule has 0 radical (unpaired) electrons. The highest BCUT2D eigenvalue weighted by atomic mass is 19.4. The van der Waals surface area contributed by atoms with Crippen molar-refractivity contribution < 1.29 is 13.2 Å². The minimum Gasteiger partial charge on any atom is -0.399 e. The average molecular weight is 294 g/mol. The predicted molar refractivity (Wildman–Crippen MR) is 78.8 cm³/mol. The van der Waals surface area contributed by atoms with Crippen LogP contribution in [-0.4, -0.2) is 0 Å². The Morgan fingerprint density at radius 1 is 0.810 bits per heavy atom. The Bertz CT molecular complexity index is 661. The number of nitrogens with two attached hydrogens (primary N) is 2. The Labute approximate surface area is 121 Å². The Balaban J connectivity index is 2.65. The zero-order valence-corrected chi connectivity index (χ0v) is 11.8. The molecule has 0 saturated heterocycles. The van der Waals surface area contributed by atoms with Crippen molar-refractivity contribution in [3.05, 3.63) is 59.2 Å². The summed E-state index contributed by atoms with van der Waals surface area (Å²) >= 11 is 0. The maximum atomic E-state index is 13.3. The molecule has 0 aliphatic rings. The van der Waals surface area contributed by atoms with Crippen LogP contribution < -0.4 is 11.5 Å². The molecule has 2 nitrogen and oxygen atoms in total. The minimum absolute atomic E-state index is 0.0921. The van der Waals surface area contributed by atoms with E-state index in [1.807, 2.05) is 0 Å². The molecule has 0 aliphatic carbocycles. The van der Waals surface area contributed by atoms with Gasteiger partial charge in [0.25, 0.3) is 0 Å². The van der Waals surface area contributed by atoms with Gasteiger partial charge in [-0.3, -0.25) is 0 Å². The predicted octanol–water partition coefficient (Wildman–Crippen LogP) is 4.20. The van der Waals surface area contributed by atoms with Crippen molar-refractivity contribution in [2.45, 2.75) is 25.4 Å². The van der Waals surface area contributed by atoms with Crippen LogP contribution in [0.5, 0.6) is 0 Å². The van der Waals surface area contributed by atoms with E-state index < -0.39 is 17.2 Å². The number of halogens is 3. The number of alkyl halides is 3. The van der Waals surface area contributed by atoms with Crippen molar-refractivity contribution in [1.29, 1.82) is 0 Å². The maximum absolute atomic E-state index is 13.3. The molecule has 2 aromatic rings. The van der Waals surface area contributed by atoms with Crippen molar-refractivity contribution in [2.75, 3.05) is 11.5 Å². The quantitative estimate of drug-likeness (QED) is 0.816. The number of benzene rings is 2. The van der Waals surface area contributed by atoms with Crippen LogP contribution in [0.25, 0.3) is 0 Å². The molecule has 0 aromatic heterocycles. The molecule has 0 saturated carbocycles. The zero-order chi connectivity index (χ0) is 15.8. The molecular weight excluding hydrogens is 277 g/mol. The second-order valence-corrected chi connectivity index (χ2v) is 5.55. The number of rotatable bonds is 2. The third-order valence-electron chi connectivity index (χ3n) is 3.63. The number of hydrogen-bond acceptors (Lipinski definition) is 2. The largest absolute Gasteiger partial charge is 0.416 e. The summed E-state index contributed by atoms with van der Waals surface area (Å²) in [7, 11) is 0. The summed E-state index contributed by atoms with van der Waals surface area (Å²) < 4.78 is 39.8. The molecule has 0 amide bonds. The van der Waals surface area contributed by atoms with Crippen LogP contribution in [0.2, 0.25) is 0 Å². The zero-order valence-electron chi connectivity index (χ0n) is 11.8. The molecule has 21 heavy (non-hydrogen) atoms. The smallest absolute Gasteiger partial charge is 0.399 e. The van der Waals surface area contributed by atoms with E-state index in [-0.39, 0.29) is 11.3 Å². The van der Waals surface area contributed by atoms with E-state index in [2.05, 4.69) is 0 Å². The molecule has 2 rings (SSSR count). The molecule has 0 spiro atoms. The Morgan fingerprint density at radius 2 is 1.43 bits per heavy atom. The van der Waals surface area contributed by atoms with E-state index >= 15 is 0 Å². The highest BCUT2D eigenvalue weighted by molar-refractivity contribution is 5.53. The Kier molecular flexibility index (Phi) is 3.61. The summed E-state index contributed by atoms with van der Waals surface area (Å²) in [6.07, 6.45) is -4.46. The van der Waals surface area contributed by atoms with E-state index in [4.69, 9.17) is 11.5 Å². The standard InChI is InChI=1S/C16H17F3N2/c1-15(2,10-4-3-5-11(20)8-10)13-7-6-12(21)9-14(13)16(17,18)19/h3-9H,20-21H2,1-2H3. The molecule has 0 fully saturated rings. The Hall–Kier alpha value is -2.17. The van der Waals surface area contributed by atoms with Gasteiger partial charge in [0.15, 0.2) is 0 Å². The average Bonchev–Trinajstić information content (AvgIpc) is 2.37. The van der Waals surface area contributed by atoms with E-state index in [1.54, 1.807) is 38.1 Å². The van der Waals surface area contributed by atoms with Gasteiger partial charge in [0, 0.05) is 16.8 Å². The summed E-state index contributed by atoms with van der Waals surface area (Å²) in [6, 6.07) is 10.8. The van der Waals surface area contributed by atoms with E-state index in [9.17, 15) is 13.2 Å². The molecule has 5 heteroatoms. The second-order valence-electron chi connectivity index (χ2n) is 5.55. The van der Waals surface area contributed by atoms with Crippen molar-refractivity contribution in [3.63, 3.8) is 0 Å². The number of hydrogen-bond donors (Lipinski definition) is 2. The maximum Gasteiger partial charge on any atom is 0.416 e. The summed E-state index contributed by atoms with van der Waals surface area (Å²) in [5.41, 5.74) is 11.2. The summed E-state index contributed by atoms with van der Waals surface area (Å²) in [5, 5.41) is 0. The monoisotopic (exact) mass is 294 g/mol. The molecule has 0 unspecified atom stereocenters. The molecule has 2 aromatic carbocycles. The fourth-order valence-electron chi connectivity index (χ4n) is 2.42. The highest BCUT2D eigenvalue weighted by Crippen LogP contribution is 2.41. The van der Waals surface area contributed by atoms with Crippen LogP contribution in [0.3, 0.4) is 0 Å². The number of nitrogen functional groups attached to an aromatic ring is 2. The van der Waals surface area contributed by atoms with Crippen LogP contribution >= 0.6 is 0 Å². The fraction of sp³-hybridized carbons (Fsp3) is 0.250. The summed E-state index contributed by atoms with van der Waals surface area (Å²) in [5.74, 6) is 0. The van der Waals surface area contributed by atoms with Crippen LogP contribution in [-0.2, 0) is 11.6 Å². The summed E-state index contributed by atoms with van der Waals surface area (Å²) in [6.45, 7) is 3.48. The van der Waals surface area contributed by atoms with Gasteiger partial charge in [-0.2, -0.15) is 13.2 Å². The normalized spacial score (nSPS) is 12.4. The van der Waals surface area contributed by atoms with Crippen molar-refractivity contribution in [2.24, 2.45) is 0 Å². The van der Waals surface area contributed by atoms with Gasteiger partial charge in [0.1, 0.15) is 0 Å². The van der Waals surface area contributed by atoms with Crippen LogP contribution in [0.1, 0.15) is 30.5 Å². The molecule has 0 aliphatic heterocycles. The highest BCUT2D eigenvalue weighted by Gasteiger charge is 2.38. The fourth-order valence-corrected chi connectivity index (χ4v) is 2.42. The minimum atomic E-state index is -4.46. The van der Waals surface area contributed by atoms with Gasteiger partial charge >= 0.3 is 6.18 Å². The lowest BCUT2D eigenvalue weighted by atomic mass is 9.75. The first kappa shape index (κ1) is 15.2. The first-order valence-electron chi connectivity index (χ1n) is 6.45. The third kappa shape index (κ3) is 2.96.